The summed E-state index contributed by atoms with van der Waals surface area (Å²) in [5.41, 5.74) is 0.382. The molecule has 1 aromatic carbocycles. The molecule has 1 aliphatic rings. The number of hydrogen-bond acceptors (Lipinski definition) is 11. The standard InChI is InChI=1S/C31H43N7O10/c1-20(2)24(39)18-48-19-36-27(42)16-35-30(45)22(13-21-7-5-4-6-8-21)37-28(43)17-34-26(41)15-33-25(40)9-11-47-12-10-38-29(44)14-23(32-3)31(38)46/h4-8,13,20,23,32H,9-12,14-19H2,1-3H3,(H,33,40)(H,34,41)(H,35,45)(H,36,42)(H,37,43)/b22-13-. The number of nitrogens with one attached hydrogen (secondary N) is 6. The van der Waals surface area contributed by atoms with Crippen LogP contribution in [0.1, 0.15) is 32.3 Å². The Morgan fingerprint density at radius 2 is 1.50 bits per heavy atom. The third-order valence-corrected chi connectivity index (χ3v) is 6.72. The zero-order chi connectivity index (χ0) is 35.5. The fraction of sp³-hybridized carbons (Fsp3) is 0.484. The molecule has 7 amide bonds. The van der Waals surface area contributed by atoms with E-state index in [0.717, 1.165) is 4.90 Å². The highest BCUT2D eigenvalue weighted by Crippen LogP contribution is 2.12. The Kier molecular flexibility index (Phi) is 17.1. The molecule has 262 valence electrons. The van der Waals surface area contributed by atoms with Crippen LogP contribution >= 0.6 is 0 Å². The summed E-state index contributed by atoms with van der Waals surface area (Å²) in [5.74, 6) is -4.24. The van der Waals surface area contributed by atoms with E-state index in [-0.39, 0.29) is 75.2 Å². The number of amides is 7. The molecule has 0 bridgehead atoms. The van der Waals surface area contributed by atoms with Crippen LogP contribution in [0.2, 0.25) is 0 Å². The second kappa shape index (κ2) is 21.0. The van der Waals surface area contributed by atoms with Crippen molar-refractivity contribution in [3.8, 4) is 0 Å². The summed E-state index contributed by atoms with van der Waals surface area (Å²) in [7, 11) is 1.60. The third-order valence-electron chi connectivity index (χ3n) is 6.72. The van der Waals surface area contributed by atoms with E-state index in [0.29, 0.717) is 5.56 Å². The fourth-order valence-electron chi connectivity index (χ4n) is 3.91. The molecule has 1 fully saturated rings. The fourth-order valence-corrected chi connectivity index (χ4v) is 3.91. The summed E-state index contributed by atoms with van der Waals surface area (Å²) in [5, 5.41) is 14.7. The van der Waals surface area contributed by atoms with E-state index in [9.17, 15) is 38.4 Å². The van der Waals surface area contributed by atoms with Gasteiger partial charge in [-0.05, 0) is 18.7 Å². The van der Waals surface area contributed by atoms with Crippen LogP contribution in [-0.2, 0) is 47.8 Å². The number of carbonyl (C=O) groups excluding carboxylic acids is 8. The van der Waals surface area contributed by atoms with E-state index >= 15 is 0 Å². The van der Waals surface area contributed by atoms with Gasteiger partial charge >= 0.3 is 0 Å². The van der Waals surface area contributed by atoms with Gasteiger partial charge in [0.2, 0.25) is 35.4 Å². The van der Waals surface area contributed by atoms with Crippen molar-refractivity contribution in [3.05, 3.63) is 41.6 Å². The molecule has 0 radical (unpaired) electrons. The molecule has 0 saturated carbocycles. The van der Waals surface area contributed by atoms with Gasteiger partial charge in [-0.15, -0.1) is 0 Å². The van der Waals surface area contributed by atoms with Crippen molar-refractivity contribution >= 4 is 53.2 Å². The Morgan fingerprint density at radius 1 is 0.854 bits per heavy atom. The number of Topliss-reactive ketones (excluding diaryl/α,β-unsaturated/α-hetero) is 1. The molecule has 0 aromatic heterocycles. The van der Waals surface area contributed by atoms with Crippen LogP contribution in [0.25, 0.3) is 6.08 Å². The Morgan fingerprint density at radius 3 is 2.17 bits per heavy atom. The summed E-state index contributed by atoms with van der Waals surface area (Å²) in [6.07, 6.45) is 1.39. The van der Waals surface area contributed by atoms with Gasteiger partial charge in [-0.1, -0.05) is 44.2 Å². The van der Waals surface area contributed by atoms with Crippen molar-refractivity contribution in [2.24, 2.45) is 5.92 Å². The molecule has 1 atom stereocenters. The first-order valence-electron chi connectivity index (χ1n) is 15.3. The predicted octanol–water partition coefficient (Wildman–Crippen LogP) is -2.44. The number of benzene rings is 1. The average molecular weight is 674 g/mol. The summed E-state index contributed by atoms with van der Waals surface area (Å²) >= 11 is 0. The second-order valence-electron chi connectivity index (χ2n) is 10.8. The van der Waals surface area contributed by atoms with E-state index in [4.69, 9.17) is 9.47 Å². The number of ketones is 1. The molecule has 17 nitrogen and oxygen atoms in total. The van der Waals surface area contributed by atoms with Gasteiger partial charge in [0.05, 0.1) is 51.9 Å². The zero-order valence-corrected chi connectivity index (χ0v) is 27.2. The summed E-state index contributed by atoms with van der Waals surface area (Å²) in [6.45, 7) is 1.79. The lowest BCUT2D eigenvalue weighted by Gasteiger charge is -2.14. The van der Waals surface area contributed by atoms with E-state index in [1.54, 1.807) is 51.2 Å². The largest absolute Gasteiger partial charge is 0.379 e. The van der Waals surface area contributed by atoms with Crippen LogP contribution in [0.4, 0.5) is 0 Å². The minimum atomic E-state index is -0.778. The number of ether oxygens (including phenoxy) is 2. The predicted molar refractivity (Wildman–Crippen MR) is 170 cm³/mol. The molecule has 1 aliphatic heterocycles. The van der Waals surface area contributed by atoms with Crippen molar-refractivity contribution in [2.45, 2.75) is 32.7 Å². The lowest BCUT2D eigenvalue weighted by molar-refractivity contribution is -0.140. The number of likely N-dealkylation sites (tertiary alicyclic amines) is 1. The minimum absolute atomic E-state index is 0.00509. The number of carbonyl (C=O) groups is 8. The molecular weight excluding hydrogens is 630 g/mol. The summed E-state index contributed by atoms with van der Waals surface area (Å²) in [6, 6.07) is 8.04. The maximum atomic E-state index is 12.8. The van der Waals surface area contributed by atoms with Crippen LogP contribution < -0.4 is 31.9 Å². The number of nitrogens with zero attached hydrogens (tertiary/aromatic N) is 1. The van der Waals surface area contributed by atoms with Gasteiger partial charge in [0.1, 0.15) is 19.0 Å². The quantitative estimate of drug-likeness (QED) is 0.0348. The monoisotopic (exact) mass is 673 g/mol. The number of likely N-dealkylation sites (N-methyl/N-ethyl adjacent to an activating group) is 1. The molecule has 0 aliphatic carbocycles. The van der Waals surface area contributed by atoms with E-state index in [1.807, 2.05) is 0 Å². The first-order chi connectivity index (χ1) is 22.9. The maximum absolute atomic E-state index is 12.8. The summed E-state index contributed by atoms with van der Waals surface area (Å²) < 4.78 is 10.4. The van der Waals surface area contributed by atoms with Crippen LogP contribution in [0.3, 0.4) is 0 Å². The van der Waals surface area contributed by atoms with Crippen LogP contribution in [0.5, 0.6) is 0 Å². The molecular formula is C31H43N7O10. The molecule has 1 saturated heterocycles. The highest BCUT2D eigenvalue weighted by atomic mass is 16.5. The molecule has 1 aromatic rings. The topological polar surface area (TPSA) is 230 Å². The van der Waals surface area contributed by atoms with Gasteiger partial charge in [-0.3, -0.25) is 43.3 Å². The van der Waals surface area contributed by atoms with E-state index in [2.05, 4.69) is 31.9 Å². The van der Waals surface area contributed by atoms with Crippen LogP contribution in [0, 0.1) is 5.92 Å². The van der Waals surface area contributed by atoms with Gasteiger partial charge in [-0.25, -0.2) is 0 Å². The van der Waals surface area contributed by atoms with E-state index in [1.165, 1.54) is 6.08 Å². The molecule has 48 heavy (non-hydrogen) atoms. The first kappa shape index (κ1) is 39.2. The first-order valence-corrected chi connectivity index (χ1v) is 15.3. The zero-order valence-electron chi connectivity index (χ0n) is 27.2. The highest BCUT2D eigenvalue weighted by Gasteiger charge is 2.37. The van der Waals surface area contributed by atoms with Crippen molar-refractivity contribution in [1.29, 1.82) is 0 Å². The van der Waals surface area contributed by atoms with Crippen LogP contribution in [-0.4, -0.2) is 118 Å². The van der Waals surface area contributed by atoms with Gasteiger partial charge < -0.3 is 41.4 Å². The van der Waals surface area contributed by atoms with Gasteiger partial charge in [0, 0.05) is 12.3 Å². The van der Waals surface area contributed by atoms with Gasteiger partial charge in [0.25, 0.3) is 5.91 Å². The number of rotatable bonds is 21. The van der Waals surface area contributed by atoms with Crippen molar-refractivity contribution in [3.63, 3.8) is 0 Å². The SMILES string of the molecule is CNC1CC(=O)N(CCOCCC(=O)NCC(=O)NCC(=O)N/C(=C\c2ccccc2)C(=O)NCC(=O)NCOCC(=O)C(C)C)C1=O. The summed E-state index contributed by atoms with van der Waals surface area (Å²) in [4.78, 5) is 98.3. The lowest BCUT2D eigenvalue weighted by Crippen LogP contribution is -2.44. The normalized spacial score (nSPS) is 14.5. The molecule has 6 N–H and O–H groups in total. The van der Waals surface area contributed by atoms with Gasteiger partial charge in [-0.2, -0.15) is 0 Å². The maximum Gasteiger partial charge on any atom is 0.268 e. The molecule has 1 unspecified atom stereocenters. The third kappa shape index (κ3) is 14.6. The Labute approximate surface area is 277 Å². The Hall–Kier alpha value is -5.00. The van der Waals surface area contributed by atoms with Crippen molar-refractivity contribution < 1.29 is 47.8 Å². The van der Waals surface area contributed by atoms with Gasteiger partial charge in [0.15, 0.2) is 5.78 Å². The Balaban J connectivity index is 1.72. The molecule has 0 spiro atoms. The smallest absolute Gasteiger partial charge is 0.268 e. The molecule has 1 heterocycles. The Bertz CT molecular complexity index is 1350. The number of imide groups is 1. The average Bonchev–Trinajstić information content (AvgIpc) is 3.34. The lowest BCUT2D eigenvalue weighted by atomic mass is 10.1. The minimum Gasteiger partial charge on any atom is -0.379 e. The second-order valence-corrected chi connectivity index (χ2v) is 10.8. The van der Waals surface area contributed by atoms with E-state index < -0.39 is 55.2 Å². The molecule has 17 heteroatoms. The van der Waals surface area contributed by atoms with Crippen molar-refractivity contribution in [2.75, 3.05) is 59.8 Å². The van der Waals surface area contributed by atoms with Crippen molar-refractivity contribution in [1.82, 2.24) is 36.8 Å². The highest BCUT2D eigenvalue weighted by molar-refractivity contribution is 6.05. The molecule has 2 rings (SSSR count). The van der Waals surface area contributed by atoms with Crippen LogP contribution in [0.15, 0.2) is 36.0 Å². The number of hydrogen-bond donors (Lipinski definition) is 6.